The maximum absolute atomic E-state index is 13.7. The lowest BCUT2D eigenvalue weighted by Gasteiger charge is -2.21. The average Bonchev–Trinajstić information content (AvgIpc) is 3.31. The van der Waals surface area contributed by atoms with Crippen LogP contribution in [-0.2, 0) is 32.4 Å². The van der Waals surface area contributed by atoms with Gasteiger partial charge in [-0.25, -0.2) is 9.37 Å². The van der Waals surface area contributed by atoms with Crippen LogP contribution >= 0.6 is 0 Å². The van der Waals surface area contributed by atoms with Gasteiger partial charge in [0.2, 0.25) is 5.89 Å². The van der Waals surface area contributed by atoms with Crippen molar-refractivity contribution in [2.45, 2.75) is 32.4 Å². The van der Waals surface area contributed by atoms with Gasteiger partial charge in [-0.15, -0.1) is 0 Å². The van der Waals surface area contributed by atoms with Crippen molar-refractivity contribution in [2.24, 2.45) is 0 Å². The second kappa shape index (κ2) is 11.1. The SMILES string of the molecule is O=C(NCc1cccnc1)c1coc(CN(Cc2cccc(F)c2)Cc2cccc(C(F)(F)F)c2)n1. The second-order valence-electron chi connectivity index (χ2n) is 8.14. The highest BCUT2D eigenvalue weighted by molar-refractivity contribution is 5.91. The number of oxazole rings is 1. The molecule has 4 aromatic rings. The molecule has 186 valence electrons. The Labute approximate surface area is 204 Å². The van der Waals surface area contributed by atoms with Gasteiger partial charge in [0.15, 0.2) is 5.69 Å². The zero-order chi connectivity index (χ0) is 25.5. The van der Waals surface area contributed by atoms with Crippen molar-refractivity contribution >= 4 is 5.91 Å². The predicted molar refractivity (Wildman–Crippen MR) is 123 cm³/mol. The van der Waals surface area contributed by atoms with Gasteiger partial charge < -0.3 is 9.73 Å². The van der Waals surface area contributed by atoms with E-state index in [1.807, 2.05) is 6.07 Å². The standard InChI is InChI=1S/C26H22F4N4O2/c27-22-8-2-5-19(11-22)15-34(14-18-4-1-7-21(10-18)26(28,29)30)16-24-33-23(17-36-24)25(35)32-13-20-6-3-9-31-12-20/h1-12,17H,13-16H2,(H,32,35). The number of aromatic nitrogens is 2. The van der Waals surface area contributed by atoms with E-state index >= 15 is 0 Å². The van der Waals surface area contributed by atoms with E-state index < -0.39 is 23.5 Å². The molecule has 0 saturated heterocycles. The van der Waals surface area contributed by atoms with Crippen molar-refractivity contribution in [3.8, 4) is 0 Å². The van der Waals surface area contributed by atoms with E-state index in [9.17, 15) is 22.4 Å². The Bertz CT molecular complexity index is 1310. The highest BCUT2D eigenvalue weighted by Gasteiger charge is 2.30. The molecule has 1 amide bonds. The molecule has 4 rings (SSSR count). The summed E-state index contributed by atoms with van der Waals surface area (Å²) in [6, 6.07) is 14.5. The van der Waals surface area contributed by atoms with Gasteiger partial charge in [-0.2, -0.15) is 13.2 Å². The number of carbonyl (C=O) groups is 1. The van der Waals surface area contributed by atoms with Gasteiger partial charge in [-0.3, -0.25) is 14.7 Å². The Hall–Kier alpha value is -4.05. The van der Waals surface area contributed by atoms with Crippen LogP contribution in [0.2, 0.25) is 0 Å². The van der Waals surface area contributed by atoms with Gasteiger partial charge in [0, 0.05) is 32.0 Å². The fourth-order valence-electron chi connectivity index (χ4n) is 3.62. The van der Waals surface area contributed by atoms with Gasteiger partial charge in [0.1, 0.15) is 12.1 Å². The fraction of sp³-hybridized carbons (Fsp3) is 0.192. The number of alkyl halides is 3. The molecule has 0 fully saturated rings. The quantitative estimate of drug-likeness (QED) is 0.315. The van der Waals surface area contributed by atoms with Crippen molar-refractivity contribution in [1.29, 1.82) is 0 Å². The summed E-state index contributed by atoms with van der Waals surface area (Å²) in [5.41, 5.74) is 1.18. The summed E-state index contributed by atoms with van der Waals surface area (Å²) in [6.45, 7) is 0.684. The Kier molecular flexibility index (Phi) is 7.74. The number of carbonyl (C=O) groups excluding carboxylic acids is 1. The van der Waals surface area contributed by atoms with Gasteiger partial charge in [-0.1, -0.05) is 36.4 Å². The fourth-order valence-corrected chi connectivity index (χ4v) is 3.62. The molecule has 2 heterocycles. The first-order valence-corrected chi connectivity index (χ1v) is 11.0. The molecule has 0 saturated carbocycles. The number of nitrogens with one attached hydrogen (secondary N) is 1. The number of amides is 1. The molecule has 0 bridgehead atoms. The van der Waals surface area contributed by atoms with Crippen LogP contribution in [0.5, 0.6) is 0 Å². The zero-order valence-electron chi connectivity index (χ0n) is 19.0. The summed E-state index contributed by atoms with van der Waals surface area (Å²) in [6.07, 6.45) is 0.0132. The first-order valence-electron chi connectivity index (χ1n) is 11.0. The molecule has 1 N–H and O–H groups in total. The minimum absolute atomic E-state index is 0.0682. The van der Waals surface area contributed by atoms with Gasteiger partial charge >= 0.3 is 6.18 Å². The van der Waals surface area contributed by atoms with Crippen molar-refractivity contribution in [3.63, 3.8) is 0 Å². The number of nitrogens with zero attached hydrogens (tertiary/aromatic N) is 3. The molecule has 0 aliphatic heterocycles. The molecule has 0 atom stereocenters. The Morgan fingerprint density at radius 2 is 1.67 bits per heavy atom. The molecule has 0 aliphatic rings. The van der Waals surface area contributed by atoms with Crippen LogP contribution in [0.3, 0.4) is 0 Å². The number of hydrogen-bond donors (Lipinski definition) is 1. The van der Waals surface area contributed by atoms with Crippen LogP contribution in [0.4, 0.5) is 17.6 Å². The lowest BCUT2D eigenvalue weighted by molar-refractivity contribution is -0.137. The van der Waals surface area contributed by atoms with Crippen LogP contribution < -0.4 is 5.32 Å². The Morgan fingerprint density at radius 1 is 0.944 bits per heavy atom. The van der Waals surface area contributed by atoms with Gasteiger partial charge in [0.05, 0.1) is 12.1 Å². The van der Waals surface area contributed by atoms with Crippen molar-refractivity contribution in [2.75, 3.05) is 0 Å². The van der Waals surface area contributed by atoms with Crippen LogP contribution in [0.15, 0.2) is 83.7 Å². The van der Waals surface area contributed by atoms with Gasteiger partial charge in [-0.05, 0) is 41.0 Å². The molecule has 36 heavy (non-hydrogen) atoms. The van der Waals surface area contributed by atoms with E-state index in [0.29, 0.717) is 11.1 Å². The molecular weight excluding hydrogens is 476 g/mol. The van der Waals surface area contributed by atoms with E-state index in [0.717, 1.165) is 17.7 Å². The molecule has 10 heteroatoms. The predicted octanol–water partition coefficient (Wildman–Crippen LogP) is 5.36. The third-order valence-corrected chi connectivity index (χ3v) is 5.27. The number of rotatable bonds is 9. The molecule has 2 aromatic carbocycles. The lowest BCUT2D eigenvalue weighted by atomic mass is 10.1. The van der Waals surface area contributed by atoms with E-state index in [4.69, 9.17) is 4.42 Å². The number of hydrogen-bond acceptors (Lipinski definition) is 5. The highest BCUT2D eigenvalue weighted by atomic mass is 19.4. The van der Waals surface area contributed by atoms with E-state index in [1.54, 1.807) is 41.6 Å². The summed E-state index contributed by atoms with van der Waals surface area (Å²) in [5, 5.41) is 2.72. The van der Waals surface area contributed by atoms with Crippen LogP contribution in [0.1, 0.15) is 38.6 Å². The molecule has 6 nitrogen and oxygen atoms in total. The normalized spacial score (nSPS) is 11.6. The number of benzene rings is 2. The monoisotopic (exact) mass is 498 g/mol. The third-order valence-electron chi connectivity index (χ3n) is 5.27. The topological polar surface area (TPSA) is 71.3 Å². The zero-order valence-corrected chi connectivity index (χ0v) is 19.0. The van der Waals surface area contributed by atoms with Gasteiger partial charge in [0.25, 0.3) is 5.91 Å². The molecule has 0 unspecified atom stereocenters. The minimum Gasteiger partial charge on any atom is -0.447 e. The number of halogens is 4. The molecule has 0 radical (unpaired) electrons. The van der Waals surface area contributed by atoms with E-state index in [1.165, 1.54) is 24.5 Å². The summed E-state index contributed by atoms with van der Waals surface area (Å²) in [5.74, 6) is -0.663. The van der Waals surface area contributed by atoms with Crippen molar-refractivity contribution < 1.29 is 26.8 Å². The smallest absolute Gasteiger partial charge is 0.416 e. The maximum atomic E-state index is 13.7. The summed E-state index contributed by atoms with van der Waals surface area (Å²) in [7, 11) is 0. The number of pyridine rings is 1. The van der Waals surface area contributed by atoms with Crippen molar-refractivity contribution in [1.82, 2.24) is 20.2 Å². The first-order chi connectivity index (χ1) is 17.3. The van der Waals surface area contributed by atoms with Crippen molar-refractivity contribution in [3.05, 3.63) is 119 Å². The molecule has 0 spiro atoms. The minimum atomic E-state index is -4.47. The molecular formula is C26H22F4N4O2. The largest absolute Gasteiger partial charge is 0.447 e. The Morgan fingerprint density at radius 3 is 2.36 bits per heavy atom. The third kappa shape index (κ3) is 6.98. The lowest BCUT2D eigenvalue weighted by Crippen LogP contribution is -2.24. The van der Waals surface area contributed by atoms with E-state index in [2.05, 4.69) is 15.3 Å². The first kappa shape index (κ1) is 25.1. The average molecular weight is 498 g/mol. The van der Waals surface area contributed by atoms with Crippen LogP contribution in [-0.4, -0.2) is 20.8 Å². The highest BCUT2D eigenvalue weighted by Crippen LogP contribution is 2.30. The Balaban J connectivity index is 1.48. The molecule has 2 aromatic heterocycles. The molecule has 0 aliphatic carbocycles. The summed E-state index contributed by atoms with van der Waals surface area (Å²) in [4.78, 5) is 22.4. The maximum Gasteiger partial charge on any atom is 0.416 e. The van der Waals surface area contributed by atoms with Crippen LogP contribution in [0.25, 0.3) is 0 Å². The second-order valence-corrected chi connectivity index (χ2v) is 8.14. The van der Waals surface area contributed by atoms with E-state index in [-0.39, 0.29) is 37.8 Å². The summed E-state index contributed by atoms with van der Waals surface area (Å²) >= 11 is 0. The summed E-state index contributed by atoms with van der Waals surface area (Å²) < 4.78 is 58.7. The van der Waals surface area contributed by atoms with Crippen LogP contribution in [0, 0.1) is 5.82 Å².